The van der Waals surface area contributed by atoms with E-state index in [-0.39, 0.29) is 28.6 Å². The Bertz CT molecular complexity index is 1280. The van der Waals surface area contributed by atoms with E-state index in [1.54, 1.807) is 19.1 Å². The minimum Gasteiger partial charge on any atom is -0.451 e. The van der Waals surface area contributed by atoms with Gasteiger partial charge in [0.2, 0.25) is 0 Å². The van der Waals surface area contributed by atoms with Crippen molar-refractivity contribution in [2.75, 3.05) is 6.61 Å². The number of aliphatic hydroxyl groups excluding tert-OH is 2. The summed E-state index contributed by atoms with van der Waals surface area (Å²) in [5.41, 5.74) is -0.725. The van der Waals surface area contributed by atoms with Gasteiger partial charge in [0.15, 0.2) is 17.5 Å². The van der Waals surface area contributed by atoms with Gasteiger partial charge in [-0.3, -0.25) is 4.79 Å². The van der Waals surface area contributed by atoms with Gasteiger partial charge in [0.1, 0.15) is 6.10 Å². The lowest BCUT2D eigenvalue weighted by atomic mass is 9.59. The monoisotopic (exact) mass is 523 g/mol. The van der Waals surface area contributed by atoms with Crippen LogP contribution in [0.2, 0.25) is 0 Å². The smallest absolute Gasteiger partial charge is 0.340 e. The Kier molecular flexibility index (Phi) is 5.58. The lowest BCUT2D eigenvalue weighted by Crippen LogP contribution is -2.65. The predicted octanol–water partition coefficient (Wildman–Crippen LogP) is 3.51. The lowest BCUT2D eigenvalue weighted by Gasteiger charge is -2.48. The zero-order chi connectivity index (χ0) is 27.5. The third-order valence-corrected chi connectivity index (χ3v) is 11.0. The number of aliphatic hydroxyl groups is 3. The number of ketones is 1. The molecule has 6 rings (SSSR count). The van der Waals surface area contributed by atoms with Crippen LogP contribution in [0.5, 0.6) is 0 Å². The van der Waals surface area contributed by atoms with Crippen molar-refractivity contribution < 1.29 is 29.6 Å². The molecule has 206 valence electrons. The second-order valence-corrected chi connectivity index (χ2v) is 13.5. The van der Waals surface area contributed by atoms with Gasteiger partial charge in [-0.1, -0.05) is 32.9 Å². The summed E-state index contributed by atoms with van der Waals surface area (Å²) in [7, 11) is 0. The molecule has 3 fully saturated rings. The first kappa shape index (κ1) is 26.0. The first-order valence-electron chi connectivity index (χ1n) is 14.1. The summed E-state index contributed by atoms with van der Waals surface area (Å²) in [5.74, 6) is -0.506. The van der Waals surface area contributed by atoms with E-state index in [1.807, 2.05) is 27.0 Å². The van der Waals surface area contributed by atoms with Gasteiger partial charge < -0.3 is 24.6 Å². The molecule has 0 amide bonds. The van der Waals surface area contributed by atoms with Crippen LogP contribution >= 0.6 is 0 Å². The first-order chi connectivity index (χ1) is 17.8. The minimum atomic E-state index is -2.12. The number of carbonyl (C=O) groups is 2. The molecule has 7 nitrogen and oxygen atoms in total. The van der Waals surface area contributed by atoms with Crippen molar-refractivity contribution in [1.82, 2.24) is 4.57 Å². The van der Waals surface area contributed by atoms with E-state index >= 15 is 0 Å². The topological polar surface area (TPSA) is 109 Å². The number of hydrogen-bond acceptors (Lipinski definition) is 6. The molecule has 7 heteroatoms. The summed E-state index contributed by atoms with van der Waals surface area (Å²) in [6, 6.07) is 0. The van der Waals surface area contributed by atoms with Crippen LogP contribution in [0.15, 0.2) is 29.5 Å². The summed E-state index contributed by atoms with van der Waals surface area (Å²) in [4.78, 5) is 28.2. The van der Waals surface area contributed by atoms with E-state index in [0.29, 0.717) is 23.0 Å². The van der Waals surface area contributed by atoms with Crippen molar-refractivity contribution in [1.29, 1.82) is 0 Å². The molecule has 0 unspecified atom stereocenters. The standard InChI is InChI=1S/C31H41NO6/c1-15-11-30-17(3)9-22-24(29(22,5)6)21(26(30)35)10-20(14-33)25(34)31(30,37)27(15)38-28(36)23-16(2)12-32(18(23)4)13-19-7-8-19/h10-12,17,19,21-22,24-25,27,33-34,37H,7-9,13-14H2,1-6H3/t17-,21+,22-,24+,25-,27+,30+,31+/m1/s1. The molecular weight excluding hydrogens is 482 g/mol. The fourth-order valence-corrected chi connectivity index (χ4v) is 8.66. The van der Waals surface area contributed by atoms with Gasteiger partial charge in [0.25, 0.3) is 0 Å². The summed E-state index contributed by atoms with van der Waals surface area (Å²) >= 11 is 0. The third-order valence-electron chi connectivity index (χ3n) is 11.0. The van der Waals surface area contributed by atoms with Gasteiger partial charge in [-0.2, -0.15) is 0 Å². The van der Waals surface area contributed by atoms with E-state index in [2.05, 4.69) is 18.4 Å². The van der Waals surface area contributed by atoms with E-state index in [1.165, 1.54) is 12.8 Å². The summed E-state index contributed by atoms with van der Waals surface area (Å²) in [5, 5.41) is 34.6. The molecule has 0 aromatic carbocycles. The molecule has 5 aliphatic carbocycles. The number of rotatable bonds is 5. The van der Waals surface area contributed by atoms with E-state index in [4.69, 9.17) is 4.74 Å². The van der Waals surface area contributed by atoms with Gasteiger partial charge >= 0.3 is 5.97 Å². The molecule has 8 atom stereocenters. The number of allylic oxidation sites excluding steroid dienone is 1. The number of ether oxygens (including phenoxy) is 1. The molecule has 3 saturated carbocycles. The van der Waals surface area contributed by atoms with E-state index < -0.39 is 41.7 Å². The van der Waals surface area contributed by atoms with Crippen LogP contribution < -0.4 is 0 Å². The van der Waals surface area contributed by atoms with E-state index in [9.17, 15) is 24.9 Å². The van der Waals surface area contributed by atoms with Crippen LogP contribution in [0.3, 0.4) is 0 Å². The van der Waals surface area contributed by atoms with Crippen LogP contribution in [0.1, 0.15) is 68.6 Å². The molecule has 0 saturated heterocycles. The van der Waals surface area contributed by atoms with E-state index in [0.717, 1.165) is 24.2 Å². The molecule has 0 radical (unpaired) electrons. The second kappa shape index (κ2) is 8.15. The molecule has 0 aliphatic heterocycles. The number of carbonyl (C=O) groups excluding carboxylic acids is 2. The van der Waals surface area contributed by atoms with Gasteiger partial charge in [0.05, 0.1) is 17.6 Å². The summed E-state index contributed by atoms with van der Waals surface area (Å²) in [6.45, 7) is 12.2. The summed E-state index contributed by atoms with van der Waals surface area (Å²) in [6.07, 6.45) is 5.78. The Morgan fingerprint density at radius 1 is 1.21 bits per heavy atom. The highest BCUT2D eigenvalue weighted by Crippen LogP contribution is 2.71. The van der Waals surface area contributed by atoms with Crippen LogP contribution in [0.25, 0.3) is 0 Å². The highest BCUT2D eigenvalue weighted by Gasteiger charge is 2.76. The molecule has 5 aliphatic rings. The highest BCUT2D eigenvalue weighted by molar-refractivity contribution is 5.96. The largest absolute Gasteiger partial charge is 0.451 e. The zero-order valence-electron chi connectivity index (χ0n) is 23.3. The van der Waals surface area contributed by atoms with Gasteiger partial charge in [-0.05, 0) is 85.8 Å². The van der Waals surface area contributed by atoms with Crippen LogP contribution in [0.4, 0.5) is 0 Å². The number of Topliss-reactive ketones (excluding diaryl/α,β-unsaturated/α-hetero) is 1. The Hall–Kier alpha value is -2.22. The maximum absolute atomic E-state index is 14.5. The fourth-order valence-electron chi connectivity index (χ4n) is 8.66. The molecule has 3 N–H and O–H groups in total. The average Bonchev–Trinajstić information content (AvgIpc) is 3.72. The average molecular weight is 524 g/mol. The quantitative estimate of drug-likeness (QED) is 0.403. The Balaban J connectivity index is 1.42. The summed E-state index contributed by atoms with van der Waals surface area (Å²) < 4.78 is 8.20. The van der Waals surface area contributed by atoms with Crippen molar-refractivity contribution >= 4 is 11.8 Å². The number of aromatic nitrogens is 1. The van der Waals surface area contributed by atoms with Crippen molar-refractivity contribution in [2.45, 2.75) is 85.2 Å². The maximum atomic E-state index is 14.5. The zero-order valence-corrected chi connectivity index (χ0v) is 23.3. The molecule has 1 aromatic rings. The van der Waals surface area contributed by atoms with Gasteiger partial charge in [-0.15, -0.1) is 0 Å². The number of esters is 1. The van der Waals surface area contributed by atoms with Crippen molar-refractivity contribution in [3.63, 3.8) is 0 Å². The molecule has 38 heavy (non-hydrogen) atoms. The van der Waals surface area contributed by atoms with Crippen molar-refractivity contribution in [3.05, 3.63) is 46.3 Å². The SMILES string of the molecule is CC1=C[C@]23C(=O)[C@@H](C=C(CO)[C@@H](O)[C@]2(O)[C@H]1OC(=O)c1c(C)cn(CC2CC2)c1C)[C@H]1[C@@H](C[C@H]3C)C1(C)C. The maximum Gasteiger partial charge on any atom is 0.340 e. The molecule has 1 spiro atoms. The molecule has 1 aromatic heterocycles. The third kappa shape index (κ3) is 3.18. The second-order valence-electron chi connectivity index (χ2n) is 13.5. The lowest BCUT2D eigenvalue weighted by molar-refractivity contribution is -0.190. The minimum absolute atomic E-state index is 0.0351. The Morgan fingerprint density at radius 3 is 2.53 bits per heavy atom. The Labute approximate surface area is 224 Å². The van der Waals surface area contributed by atoms with Crippen molar-refractivity contribution in [2.24, 2.45) is 40.4 Å². The number of fused-ring (bicyclic) bond motifs is 3. The molecular formula is C31H41NO6. The number of nitrogens with zero attached hydrogens (tertiary/aromatic N) is 1. The molecule has 2 bridgehead atoms. The molecule has 1 heterocycles. The van der Waals surface area contributed by atoms with Gasteiger partial charge in [-0.25, -0.2) is 4.79 Å². The highest BCUT2D eigenvalue weighted by atomic mass is 16.6. The van der Waals surface area contributed by atoms with Crippen LogP contribution in [0, 0.1) is 54.3 Å². The van der Waals surface area contributed by atoms with Crippen LogP contribution in [-0.4, -0.2) is 56.1 Å². The van der Waals surface area contributed by atoms with Crippen LogP contribution in [-0.2, 0) is 16.1 Å². The van der Waals surface area contributed by atoms with Crippen molar-refractivity contribution in [3.8, 4) is 0 Å². The number of hydrogen-bond donors (Lipinski definition) is 3. The number of aryl methyl sites for hydroxylation is 1. The van der Waals surface area contributed by atoms with Gasteiger partial charge in [0, 0.05) is 24.4 Å². The fraction of sp³-hybridized carbons (Fsp3) is 0.677. The Morgan fingerprint density at radius 2 is 1.89 bits per heavy atom. The first-order valence-corrected chi connectivity index (χ1v) is 14.1. The predicted molar refractivity (Wildman–Crippen MR) is 141 cm³/mol. The normalized spacial score (nSPS) is 40.9.